The lowest BCUT2D eigenvalue weighted by atomic mass is 10.2. The Morgan fingerprint density at radius 3 is 2.56 bits per heavy atom. The van der Waals surface area contributed by atoms with Crippen LogP contribution >= 0.6 is 0 Å². The highest BCUT2D eigenvalue weighted by atomic mass is 19.4. The Morgan fingerprint density at radius 2 is 1.81 bits per heavy atom. The molecule has 1 aromatic heterocycles. The van der Waals surface area contributed by atoms with Gasteiger partial charge in [-0.3, -0.25) is 0 Å². The number of halogens is 3. The van der Waals surface area contributed by atoms with Crippen LogP contribution in [0.25, 0.3) is 5.69 Å². The van der Waals surface area contributed by atoms with Crippen molar-refractivity contribution in [3.63, 3.8) is 0 Å². The quantitative estimate of drug-likeness (QED) is 0.701. The minimum atomic E-state index is -4.45. The summed E-state index contributed by atoms with van der Waals surface area (Å²) in [5.41, 5.74) is 0.986. The summed E-state index contributed by atoms with van der Waals surface area (Å²) < 4.78 is 39.8. The highest BCUT2D eigenvalue weighted by Crippen LogP contribution is 2.30. The molecule has 0 radical (unpaired) electrons. The summed E-state index contributed by atoms with van der Waals surface area (Å²) in [6.45, 7) is 0.302. The zero-order chi connectivity index (χ0) is 19.3. The van der Waals surface area contributed by atoms with Gasteiger partial charge < -0.3 is 10.6 Å². The number of aromatic nitrogens is 2. The first kappa shape index (κ1) is 18.5. The van der Waals surface area contributed by atoms with Crippen LogP contribution in [0.4, 0.5) is 23.7 Å². The summed E-state index contributed by atoms with van der Waals surface area (Å²) in [4.78, 5) is 11.9. The molecule has 2 aromatic carbocycles. The van der Waals surface area contributed by atoms with E-state index in [-0.39, 0.29) is 5.69 Å². The van der Waals surface area contributed by atoms with E-state index in [1.165, 1.54) is 12.1 Å². The van der Waals surface area contributed by atoms with Gasteiger partial charge in [0.25, 0.3) is 0 Å². The molecule has 3 rings (SSSR count). The van der Waals surface area contributed by atoms with E-state index < -0.39 is 17.8 Å². The van der Waals surface area contributed by atoms with Crippen LogP contribution in [-0.2, 0) is 12.6 Å². The van der Waals surface area contributed by atoms with Crippen LogP contribution in [0.1, 0.15) is 11.3 Å². The van der Waals surface area contributed by atoms with Crippen molar-refractivity contribution in [1.82, 2.24) is 15.1 Å². The van der Waals surface area contributed by atoms with Gasteiger partial charge in [0, 0.05) is 24.8 Å². The SMILES string of the molecule is O=C(NCCc1ccn(-c2ccccc2)n1)Nc1cccc(C(F)(F)F)c1. The first-order valence-corrected chi connectivity index (χ1v) is 8.24. The topological polar surface area (TPSA) is 59.0 Å². The normalized spacial score (nSPS) is 11.2. The number of benzene rings is 2. The molecule has 27 heavy (non-hydrogen) atoms. The predicted octanol–water partition coefficient (Wildman–Crippen LogP) is 4.26. The number of anilines is 1. The molecular formula is C19H17F3N4O. The molecule has 0 aliphatic carbocycles. The molecule has 0 unspecified atom stereocenters. The van der Waals surface area contributed by atoms with Gasteiger partial charge in [0.1, 0.15) is 0 Å². The molecule has 0 bridgehead atoms. The fourth-order valence-electron chi connectivity index (χ4n) is 2.47. The smallest absolute Gasteiger partial charge is 0.337 e. The van der Waals surface area contributed by atoms with Crippen molar-refractivity contribution in [2.75, 3.05) is 11.9 Å². The highest BCUT2D eigenvalue weighted by molar-refractivity contribution is 5.89. The molecule has 8 heteroatoms. The van der Waals surface area contributed by atoms with E-state index in [1.54, 1.807) is 4.68 Å². The second-order valence-corrected chi connectivity index (χ2v) is 5.80. The molecule has 0 saturated carbocycles. The molecule has 1 heterocycles. The van der Waals surface area contributed by atoms with E-state index in [0.717, 1.165) is 23.5 Å². The predicted molar refractivity (Wildman–Crippen MR) is 95.7 cm³/mol. The number of hydrogen-bond donors (Lipinski definition) is 2. The Balaban J connectivity index is 1.50. The monoisotopic (exact) mass is 374 g/mol. The van der Waals surface area contributed by atoms with Crippen molar-refractivity contribution in [3.8, 4) is 5.69 Å². The molecule has 2 amide bonds. The molecule has 0 saturated heterocycles. The number of urea groups is 1. The van der Waals surface area contributed by atoms with Crippen LogP contribution in [-0.4, -0.2) is 22.4 Å². The third-order valence-electron chi connectivity index (χ3n) is 3.78. The van der Waals surface area contributed by atoms with E-state index in [2.05, 4.69) is 15.7 Å². The number of amides is 2. The van der Waals surface area contributed by atoms with Gasteiger partial charge in [-0.15, -0.1) is 0 Å². The number of para-hydroxylation sites is 1. The average molecular weight is 374 g/mol. The van der Waals surface area contributed by atoms with Crippen molar-refractivity contribution in [2.24, 2.45) is 0 Å². The summed E-state index contributed by atoms with van der Waals surface area (Å²) in [7, 11) is 0. The Morgan fingerprint density at radius 1 is 1.04 bits per heavy atom. The molecule has 3 aromatic rings. The van der Waals surface area contributed by atoms with Crippen molar-refractivity contribution >= 4 is 11.7 Å². The van der Waals surface area contributed by atoms with Gasteiger partial charge in [-0.2, -0.15) is 18.3 Å². The van der Waals surface area contributed by atoms with Crippen LogP contribution in [0.2, 0.25) is 0 Å². The largest absolute Gasteiger partial charge is 0.416 e. The summed E-state index contributed by atoms with van der Waals surface area (Å²) in [5, 5.41) is 9.42. The molecule has 0 aliphatic heterocycles. The van der Waals surface area contributed by atoms with Crippen molar-refractivity contribution in [3.05, 3.63) is 78.1 Å². The minimum Gasteiger partial charge on any atom is -0.337 e. The number of carbonyl (C=O) groups excluding carboxylic acids is 1. The summed E-state index contributed by atoms with van der Waals surface area (Å²) in [6.07, 6.45) is -2.13. The maximum Gasteiger partial charge on any atom is 0.416 e. The van der Waals surface area contributed by atoms with Crippen molar-refractivity contribution in [2.45, 2.75) is 12.6 Å². The van der Waals surface area contributed by atoms with E-state index >= 15 is 0 Å². The second kappa shape index (κ2) is 7.94. The van der Waals surface area contributed by atoms with Crippen LogP contribution in [0.3, 0.4) is 0 Å². The lowest BCUT2D eigenvalue weighted by Gasteiger charge is -2.10. The van der Waals surface area contributed by atoms with E-state index in [9.17, 15) is 18.0 Å². The van der Waals surface area contributed by atoms with Crippen LogP contribution in [0.15, 0.2) is 66.9 Å². The summed E-state index contributed by atoms with van der Waals surface area (Å²) in [6, 6.07) is 15.4. The van der Waals surface area contributed by atoms with Gasteiger partial charge in [0.15, 0.2) is 0 Å². The standard InChI is InChI=1S/C19H17F3N4O/c20-19(21,22)14-5-4-6-16(13-14)24-18(27)23-11-9-15-10-12-26(25-15)17-7-2-1-3-8-17/h1-8,10,12-13H,9,11H2,(H2,23,24,27). The Kier molecular flexibility index (Phi) is 5.44. The lowest BCUT2D eigenvalue weighted by Crippen LogP contribution is -2.30. The molecule has 2 N–H and O–H groups in total. The Bertz CT molecular complexity index is 907. The van der Waals surface area contributed by atoms with Gasteiger partial charge in [0.05, 0.1) is 16.9 Å². The fraction of sp³-hybridized carbons (Fsp3) is 0.158. The molecule has 0 aliphatic rings. The summed E-state index contributed by atoms with van der Waals surface area (Å²) >= 11 is 0. The third-order valence-corrected chi connectivity index (χ3v) is 3.78. The zero-order valence-electron chi connectivity index (χ0n) is 14.2. The van der Waals surface area contributed by atoms with Crippen molar-refractivity contribution in [1.29, 1.82) is 0 Å². The number of nitrogens with one attached hydrogen (secondary N) is 2. The molecule has 0 atom stereocenters. The average Bonchev–Trinajstić information content (AvgIpc) is 3.11. The van der Waals surface area contributed by atoms with Crippen LogP contribution in [0.5, 0.6) is 0 Å². The zero-order valence-corrected chi connectivity index (χ0v) is 14.2. The maximum absolute atomic E-state index is 12.7. The lowest BCUT2D eigenvalue weighted by molar-refractivity contribution is -0.137. The van der Waals surface area contributed by atoms with Crippen LogP contribution in [0, 0.1) is 0 Å². The molecule has 0 fully saturated rings. The maximum atomic E-state index is 12.7. The van der Waals surface area contributed by atoms with Gasteiger partial charge >= 0.3 is 12.2 Å². The second-order valence-electron chi connectivity index (χ2n) is 5.80. The van der Waals surface area contributed by atoms with Crippen LogP contribution < -0.4 is 10.6 Å². The van der Waals surface area contributed by atoms with E-state index in [1.807, 2.05) is 42.6 Å². The molecule has 5 nitrogen and oxygen atoms in total. The number of carbonyl (C=O) groups is 1. The molecule has 140 valence electrons. The number of nitrogens with zero attached hydrogens (tertiary/aromatic N) is 2. The third kappa shape index (κ3) is 5.10. The fourth-order valence-corrected chi connectivity index (χ4v) is 2.47. The van der Waals surface area contributed by atoms with Gasteiger partial charge in [-0.05, 0) is 36.4 Å². The number of alkyl halides is 3. The van der Waals surface area contributed by atoms with Crippen molar-refractivity contribution < 1.29 is 18.0 Å². The number of rotatable bonds is 5. The van der Waals surface area contributed by atoms with E-state index in [0.29, 0.717) is 13.0 Å². The molecular weight excluding hydrogens is 357 g/mol. The Hall–Kier alpha value is -3.29. The first-order valence-electron chi connectivity index (χ1n) is 8.24. The van der Waals surface area contributed by atoms with Gasteiger partial charge in [-0.1, -0.05) is 24.3 Å². The van der Waals surface area contributed by atoms with E-state index in [4.69, 9.17) is 0 Å². The Labute approximate surface area is 153 Å². The highest BCUT2D eigenvalue weighted by Gasteiger charge is 2.30. The minimum absolute atomic E-state index is 0.0793. The molecule has 0 spiro atoms. The first-order chi connectivity index (χ1) is 12.9. The summed E-state index contributed by atoms with van der Waals surface area (Å²) in [5.74, 6) is 0. The number of hydrogen-bond acceptors (Lipinski definition) is 2. The van der Waals surface area contributed by atoms with Gasteiger partial charge in [0.2, 0.25) is 0 Å². The van der Waals surface area contributed by atoms with Gasteiger partial charge in [-0.25, -0.2) is 9.48 Å².